The third kappa shape index (κ3) is 3.98. The molecule has 0 aliphatic heterocycles. The van der Waals surface area contributed by atoms with Gasteiger partial charge in [-0.15, -0.1) is 11.3 Å². The average molecular weight is 370 g/mol. The van der Waals surface area contributed by atoms with Gasteiger partial charge in [0.05, 0.1) is 12.1 Å². The summed E-state index contributed by atoms with van der Waals surface area (Å²) in [6.45, 7) is 8.05. The first kappa shape index (κ1) is 18.6. The van der Waals surface area contributed by atoms with Gasteiger partial charge in [0.1, 0.15) is 0 Å². The van der Waals surface area contributed by atoms with Gasteiger partial charge in [-0.3, -0.25) is 9.20 Å². The van der Waals surface area contributed by atoms with Crippen molar-refractivity contribution in [3.05, 3.63) is 47.1 Å². The predicted molar refractivity (Wildman–Crippen MR) is 109 cm³/mol. The number of aromatic nitrogens is 2. The Morgan fingerprint density at radius 2 is 1.81 bits per heavy atom. The summed E-state index contributed by atoms with van der Waals surface area (Å²) in [7, 11) is 0. The van der Waals surface area contributed by atoms with Crippen LogP contribution in [0.3, 0.4) is 0 Å². The van der Waals surface area contributed by atoms with Crippen LogP contribution in [-0.2, 0) is 17.6 Å². The van der Waals surface area contributed by atoms with Crippen molar-refractivity contribution >= 4 is 22.2 Å². The first-order valence-corrected chi connectivity index (χ1v) is 10.4. The molecule has 0 aliphatic carbocycles. The van der Waals surface area contributed by atoms with Crippen molar-refractivity contribution in [3.8, 4) is 11.3 Å². The van der Waals surface area contributed by atoms with E-state index in [4.69, 9.17) is 4.98 Å². The maximum absolute atomic E-state index is 12.7. The standard InChI is InChI=1S/C21H27N3OS/c1-4-11-23(12-5-2)20(25)13-18-15-26-21-22-19(14-24(18)21)17-9-7-16(6-3)8-10-17/h7-10,14-15H,4-6,11-13H2,1-3H3. The molecular weight excluding hydrogens is 342 g/mol. The number of benzene rings is 1. The number of nitrogens with zero attached hydrogens (tertiary/aromatic N) is 3. The molecule has 0 N–H and O–H groups in total. The Balaban J connectivity index is 1.81. The highest BCUT2D eigenvalue weighted by Crippen LogP contribution is 2.24. The summed E-state index contributed by atoms with van der Waals surface area (Å²) in [5.74, 6) is 0.205. The quantitative estimate of drug-likeness (QED) is 0.571. The first-order chi connectivity index (χ1) is 12.7. The lowest BCUT2D eigenvalue weighted by atomic mass is 10.1. The molecule has 1 aromatic carbocycles. The molecule has 5 heteroatoms. The highest BCUT2D eigenvalue weighted by Gasteiger charge is 2.16. The normalized spacial score (nSPS) is 11.2. The van der Waals surface area contributed by atoms with Crippen LogP contribution in [0.15, 0.2) is 35.8 Å². The number of aryl methyl sites for hydroxylation is 1. The lowest BCUT2D eigenvalue weighted by molar-refractivity contribution is -0.130. The van der Waals surface area contributed by atoms with Gasteiger partial charge in [0.15, 0.2) is 4.96 Å². The molecule has 0 radical (unpaired) electrons. The van der Waals surface area contributed by atoms with Crippen LogP contribution in [-0.4, -0.2) is 33.3 Å². The Kier molecular flexibility index (Phi) is 6.09. The summed E-state index contributed by atoms with van der Waals surface area (Å²) in [5.41, 5.74) is 4.44. The second-order valence-electron chi connectivity index (χ2n) is 6.61. The molecule has 0 aliphatic rings. The number of carbonyl (C=O) groups is 1. The van der Waals surface area contributed by atoms with Crippen molar-refractivity contribution in [2.75, 3.05) is 13.1 Å². The van der Waals surface area contributed by atoms with Crippen molar-refractivity contribution in [1.29, 1.82) is 0 Å². The van der Waals surface area contributed by atoms with E-state index in [2.05, 4.69) is 61.0 Å². The molecule has 4 nitrogen and oxygen atoms in total. The fraction of sp³-hybridized carbons (Fsp3) is 0.429. The minimum atomic E-state index is 0.205. The Morgan fingerprint density at radius 3 is 2.42 bits per heavy atom. The SMILES string of the molecule is CCCN(CCC)C(=O)Cc1csc2nc(-c3ccc(CC)cc3)cn12. The highest BCUT2D eigenvalue weighted by atomic mass is 32.1. The van der Waals surface area contributed by atoms with E-state index in [9.17, 15) is 4.79 Å². The summed E-state index contributed by atoms with van der Waals surface area (Å²) >= 11 is 1.60. The molecule has 3 rings (SSSR count). The molecule has 0 fully saturated rings. The van der Waals surface area contributed by atoms with Gasteiger partial charge < -0.3 is 4.90 Å². The van der Waals surface area contributed by atoms with Crippen molar-refractivity contribution in [2.24, 2.45) is 0 Å². The number of amides is 1. The summed E-state index contributed by atoms with van der Waals surface area (Å²) in [6.07, 6.45) is 5.52. The molecule has 0 saturated carbocycles. The molecule has 26 heavy (non-hydrogen) atoms. The summed E-state index contributed by atoms with van der Waals surface area (Å²) in [4.78, 5) is 20.3. The van der Waals surface area contributed by atoms with Crippen LogP contribution in [0.4, 0.5) is 0 Å². The van der Waals surface area contributed by atoms with E-state index < -0.39 is 0 Å². The number of rotatable bonds is 8. The summed E-state index contributed by atoms with van der Waals surface area (Å²) in [6, 6.07) is 8.56. The van der Waals surface area contributed by atoms with Crippen LogP contribution in [0, 0.1) is 0 Å². The lowest BCUT2D eigenvalue weighted by Gasteiger charge is -2.21. The van der Waals surface area contributed by atoms with Gasteiger partial charge in [-0.1, -0.05) is 45.0 Å². The lowest BCUT2D eigenvalue weighted by Crippen LogP contribution is -2.33. The Bertz CT molecular complexity index is 857. The minimum absolute atomic E-state index is 0.205. The third-order valence-electron chi connectivity index (χ3n) is 4.61. The molecule has 0 bridgehead atoms. The second kappa shape index (κ2) is 8.49. The summed E-state index contributed by atoms with van der Waals surface area (Å²) in [5, 5.41) is 2.06. The van der Waals surface area contributed by atoms with E-state index in [0.717, 1.165) is 54.3 Å². The van der Waals surface area contributed by atoms with Gasteiger partial charge in [-0.25, -0.2) is 4.98 Å². The van der Waals surface area contributed by atoms with Gasteiger partial charge >= 0.3 is 0 Å². The fourth-order valence-electron chi connectivity index (χ4n) is 3.17. The van der Waals surface area contributed by atoms with E-state index in [1.807, 2.05) is 4.90 Å². The van der Waals surface area contributed by atoms with Gasteiger partial charge in [-0.2, -0.15) is 0 Å². The smallest absolute Gasteiger partial charge is 0.228 e. The number of imidazole rings is 1. The molecule has 0 unspecified atom stereocenters. The zero-order valence-electron chi connectivity index (χ0n) is 15.9. The van der Waals surface area contributed by atoms with E-state index in [1.165, 1.54) is 5.56 Å². The van der Waals surface area contributed by atoms with Gasteiger partial charge in [-0.05, 0) is 24.8 Å². The molecule has 0 saturated heterocycles. The number of hydrogen-bond donors (Lipinski definition) is 0. The van der Waals surface area contributed by atoms with Crippen LogP contribution < -0.4 is 0 Å². The number of thiazole rings is 1. The van der Waals surface area contributed by atoms with Crippen LogP contribution in [0.25, 0.3) is 16.2 Å². The van der Waals surface area contributed by atoms with Gasteiger partial charge in [0.2, 0.25) is 5.91 Å². The Hall–Kier alpha value is -2.14. The maximum Gasteiger partial charge on any atom is 0.228 e. The van der Waals surface area contributed by atoms with Crippen LogP contribution >= 0.6 is 11.3 Å². The molecular formula is C21H27N3OS. The topological polar surface area (TPSA) is 37.6 Å². The number of fused-ring (bicyclic) bond motifs is 1. The van der Waals surface area contributed by atoms with E-state index >= 15 is 0 Å². The highest BCUT2D eigenvalue weighted by molar-refractivity contribution is 7.15. The zero-order valence-corrected chi connectivity index (χ0v) is 16.7. The predicted octanol–water partition coefficient (Wildman–Crippen LogP) is 4.82. The van der Waals surface area contributed by atoms with E-state index in [0.29, 0.717) is 6.42 Å². The van der Waals surface area contributed by atoms with E-state index in [1.54, 1.807) is 11.3 Å². The molecule has 138 valence electrons. The Morgan fingerprint density at radius 1 is 1.12 bits per heavy atom. The van der Waals surface area contributed by atoms with Crippen molar-refractivity contribution in [1.82, 2.24) is 14.3 Å². The monoisotopic (exact) mass is 369 g/mol. The minimum Gasteiger partial charge on any atom is -0.342 e. The molecule has 1 amide bonds. The Labute approximate surface area is 159 Å². The molecule has 2 heterocycles. The molecule has 0 atom stereocenters. The molecule has 0 spiro atoms. The van der Waals surface area contributed by atoms with Crippen molar-refractivity contribution in [3.63, 3.8) is 0 Å². The van der Waals surface area contributed by atoms with Gasteiger partial charge in [0, 0.05) is 35.9 Å². The van der Waals surface area contributed by atoms with Crippen LogP contribution in [0.5, 0.6) is 0 Å². The van der Waals surface area contributed by atoms with Crippen molar-refractivity contribution in [2.45, 2.75) is 46.5 Å². The second-order valence-corrected chi connectivity index (χ2v) is 7.45. The zero-order chi connectivity index (χ0) is 18.5. The summed E-state index contributed by atoms with van der Waals surface area (Å²) < 4.78 is 2.07. The van der Waals surface area contributed by atoms with Crippen LogP contribution in [0.1, 0.15) is 44.9 Å². The number of carbonyl (C=O) groups excluding carboxylic acids is 1. The molecule has 2 aromatic heterocycles. The molecule has 3 aromatic rings. The third-order valence-corrected chi connectivity index (χ3v) is 5.50. The van der Waals surface area contributed by atoms with Gasteiger partial charge in [0.25, 0.3) is 0 Å². The van der Waals surface area contributed by atoms with Crippen LogP contribution in [0.2, 0.25) is 0 Å². The average Bonchev–Trinajstić information content (AvgIpc) is 3.23. The number of hydrogen-bond acceptors (Lipinski definition) is 3. The first-order valence-electron chi connectivity index (χ1n) is 9.48. The van der Waals surface area contributed by atoms with E-state index in [-0.39, 0.29) is 5.91 Å². The maximum atomic E-state index is 12.7. The fourth-order valence-corrected chi connectivity index (χ4v) is 4.05. The largest absolute Gasteiger partial charge is 0.342 e. The van der Waals surface area contributed by atoms with Crippen molar-refractivity contribution < 1.29 is 4.79 Å².